The summed E-state index contributed by atoms with van der Waals surface area (Å²) < 4.78 is 111. The molecule has 3 aromatic carbocycles. The number of hydrazone groups is 1. The summed E-state index contributed by atoms with van der Waals surface area (Å²) in [5, 5.41) is 5.47. The molecule has 1 heterocycles. The number of hydrogen-bond acceptors (Lipinski definition) is 2. The van der Waals surface area contributed by atoms with Gasteiger partial charge in [0.2, 0.25) is 5.82 Å². The van der Waals surface area contributed by atoms with Crippen LogP contribution >= 0.6 is 15.9 Å². The van der Waals surface area contributed by atoms with Gasteiger partial charge in [-0.2, -0.15) is 18.3 Å². The van der Waals surface area contributed by atoms with Gasteiger partial charge in [0.1, 0.15) is 0 Å². The second-order valence-corrected chi connectivity index (χ2v) is 7.60. The molecule has 0 bridgehead atoms. The quantitative estimate of drug-likeness (QED) is 0.196. The molecule has 2 nitrogen and oxygen atoms in total. The maximum atomic E-state index is 14.2. The number of nitrogens with zero attached hydrogens (tertiary/aromatic N) is 2. The fourth-order valence-electron chi connectivity index (χ4n) is 3.41. The van der Waals surface area contributed by atoms with Crippen LogP contribution in [0.2, 0.25) is 0 Å². The van der Waals surface area contributed by atoms with Crippen LogP contribution in [0.5, 0.6) is 0 Å². The highest BCUT2D eigenvalue weighted by atomic mass is 79.9. The molecule has 1 aliphatic rings. The SMILES string of the molecule is Fc1c(F)c(F)c([C@@H]2C=CN(c3ccc(Br)c4ccccc34)N=C2C(F)(F)F)c(F)c1F. The molecule has 0 aromatic heterocycles. The molecular weight excluding hydrogens is 512 g/mol. The third-order valence-electron chi connectivity index (χ3n) is 4.87. The first-order valence-corrected chi connectivity index (χ1v) is 9.63. The van der Waals surface area contributed by atoms with Gasteiger partial charge in [-0.25, -0.2) is 27.0 Å². The van der Waals surface area contributed by atoms with Crippen LogP contribution in [0, 0.1) is 29.1 Å². The van der Waals surface area contributed by atoms with Crippen molar-refractivity contribution in [2.75, 3.05) is 5.01 Å². The maximum absolute atomic E-state index is 14.2. The zero-order valence-corrected chi connectivity index (χ0v) is 17.1. The summed E-state index contributed by atoms with van der Waals surface area (Å²) in [6.45, 7) is 0. The fraction of sp³-hybridized carbons (Fsp3) is 0.0952. The van der Waals surface area contributed by atoms with Crippen molar-refractivity contribution in [3.63, 3.8) is 0 Å². The minimum Gasteiger partial charge on any atom is -0.240 e. The van der Waals surface area contributed by atoms with Gasteiger partial charge in [-0.05, 0) is 17.5 Å². The molecule has 0 radical (unpaired) electrons. The average molecular weight is 521 g/mol. The minimum absolute atomic E-state index is 0.206. The lowest BCUT2D eigenvalue weighted by Crippen LogP contribution is -2.35. The van der Waals surface area contributed by atoms with Gasteiger partial charge >= 0.3 is 6.18 Å². The predicted octanol–water partition coefficient (Wildman–Crippen LogP) is 7.33. The molecule has 0 saturated heterocycles. The molecule has 1 aliphatic heterocycles. The Kier molecular flexibility index (Phi) is 5.48. The van der Waals surface area contributed by atoms with E-state index in [0.29, 0.717) is 21.3 Å². The van der Waals surface area contributed by atoms with E-state index in [0.717, 1.165) is 11.2 Å². The number of allylic oxidation sites excluding steroid dienone is 1. The van der Waals surface area contributed by atoms with Crippen molar-refractivity contribution in [1.29, 1.82) is 0 Å². The summed E-state index contributed by atoms with van der Waals surface area (Å²) >= 11 is 3.34. The third-order valence-corrected chi connectivity index (χ3v) is 5.56. The summed E-state index contributed by atoms with van der Waals surface area (Å²) in [5.41, 5.74) is -3.16. The molecule has 11 heteroatoms. The fourth-order valence-corrected chi connectivity index (χ4v) is 3.89. The van der Waals surface area contributed by atoms with Gasteiger partial charge in [0.15, 0.2) is 29.0 Å². The topological polar surface area (TPSA) is 15.6 Å². The lowest BCUT2D eigenvalue weighted by Gasteiger charge is -2.28. The molecule has 0 N–H and O–H groups in total. The number of rotatable bonds is 2. The Labute approximate surface area is 183 Å². The highest BCUT2D eigenvalue weighted by Crippen LogP contribution is 2.40. The predicted molar refractivity (Wildman–Crippen MR) is 106 cm³/mol. The molecule has 0 saturated carbocycles. The number of hydrogen-bond donors (Lipinski definition) is 0. The van der Waals surface area contributed by atoms with Crippen LogP contribution in [-0.2, 0) is 0 Å². The second kappa shape index (κ2) is 7.88. The molecule has 3 aromatic rings. The van der Waals surface area contributed by atoms with Gasteiger partial charge in [-0.3, -0.25) is 0 Å². The smallest absolute Gasteiger partial charge is 0.240 e. The molecule has 1 atom stereocenters. The van der Waals surface area contributed by atoms with Crippen molar-refractivity contribution in [3.8, 4) is 0 Å². The van der Waals surface area contributed by atoms with Crippen molar-refractivity contribution in [3.05, 3.63) is 87.8 Å². The Balaban J connectivity index is 1.90. The van der Waals surface area contributed by atoms with E-state index in [4.69, 9.17) is 0 Å². The Morgan fingerprint density at radius 3 is 1.94 bits per heavy atom. The van der Waals surface area contributed by atoms with Crippen molar-refractivity contribution >= 4 is 38.1 Å². The van der Waals surface area contributed by atoms with E-state index < -0.39 is 52.5 Å². The van der Waals surface area contributed by atoms with Crippen molar-refractivity contribution in [1.82, 2.24) is 0 Å². The standard InChI is InChI=1S/C21H9BrF8N2/c22-12-5-6-13(10-4-2-1-3-9(10)12)32-8-7-11(20(31-32)21(28,29)30)14-15(23)17(25)19(27)18(26)16(14)24/h1-8,11H/t11-/m0/s1. The minimum atomic E-state index is -5.24. The van der Waals surface area contributed by atoms with Gasteiger partial charge in [-0.15, -0.1) is 0 Å². The van der Waals surface area contributed by atoms with E-state index in [2.05, 4.69) is 21.0 Å². The van der Waals surface area contributed by atoms with E-state index >= 15 is 0 Å². The summed E-state index contributed by atoms with van der Waals surface area (Å²) in [4.78, 5) is 0. The lowest BCUT2D eigenvalue weighted by molar-refractivity contribution is -0.0612. The molecule has 0 fully saturated rings. The normalized spacial score (nSPS) is 16.6. The summed E-state index contributed by atoms with van der Waals surface area (Å²) in [6, 6.07) is 9.74. The maximum Gasteiger partial charge on any atom is 0.432 e. The zero-order valence-electron chi connectivity index (χ0n) is 15.5. The van der Waals surface area contributed by atoms with Crippen LogP contribution < -0.4 is 5.01 Å². The summed E-state index contributed by atoms with van der Waals surface area (Å²) in [5.74, 6) is -14.2. The third kappa shape index (κ3) is 3.54. The summed E-state index contributed by atoms with van der Waals surface area (Å²) in [6.07, 6.45) is -3.57. The molecule has 0 aliphatic carbocycles. The van der Waals surface area contributed by atoms with Gasteiger partial charge in [0, 0.05) is 21.6 Å². The number of anilines is 1. The van der Waals surface area contributed by atoms with Crippen molar-refractivity contribution in [2.45, 2.75) is 12.1 Å². The van der Waals surface area contributed by atoms with Crippen molar-refractivity contribution in [2.24, 2.45) is 5.10 Å². The lowest BCUT2D eigenvalue weighted by atomic mass is 9.91. The molecule has 0 unspecified atom stereocenters. The Bertz CT molecular complexity index is 1270. The van der Waals surface area contributed by atoms with Gasteiger partial charge in [-0.1, -0.05) is 46.3 Å². The largest absolute Gasteiger partial charge is 0.432 e. The van der Waals surface area contributed by atoms with Crippen LogP contribution in [0.4, 0.5) is 40.8 Å². The first-order chi connectivity index (χ1) is 15.0. The van der Waals surface area contributed by atoms with Gasteiger partial charge in [0.25, 0.3) is 0 Å². The van der Waals surface area contributed by atoms with E-state index in [9.17, 15) is 35.1 Å². The number of alkyl halides is 3. The van der Waals surface area contributed by atoms with E-state index in [-0.39, 0.29) is 5.69 Å². The first-order valence-electron chi connectivity index (χ1n) is 8.84. The molecule has 0 spiro atoms. The Hall–Kier alpha value is -2.95. The Morgan fingerprint density at radius 2 is 1.34 bits per heavy atom. The van der Waals surface area contributed by atoms with Crippen LogP contribution in [-0.4, -0.2) is 11.9 Å². The first kappa shape index (κ1) is 22.3. The number of fused-ring (bicyclic) bond motifs is 1. The second-order valence-electron chi connectivity index (χ2n) is 6.74. The van der Waals surface area contributed by atoms with Crippen LogP contribution in [0.1, 0.15) is 11.5 Å². The van der Waals surface area contributed by atoms with Gasteiger partial charge in [0.05, 0.1) is 11.6 Å². The van der Waals surface area contributed by atoms with Crippen molar-refractivity contribution < 1.29 is 35.1 Å². The molecule has 32 heavy (non-hydrogen) atoms. The molecule has 0 amide bonds. The van der Waals surface area contributed by atoms with E-state index in [1.54, 1.807) is 30.3 Å². The Morgan fingerprint density at radius 1 is 0.781 bits per heavy atom. The van der Waals surface area contributed by atoms with Crippen LogP contribution in [0.25, 0.3) is 10.8 Å². The number of benzene rings is 3. The highest BCUT2D eigenvalue weighted by Gasteiger charge is 2.45. The monoisotopic (exact) mass is 520 g/mol. The zero-order chi connectivity index (χ0) is 23.4. The molecular formula is C21H9BrF8N2. The van der Waals surface area contributed by atoms with Crippen LogP contribution in [0.3, 0.4) is 0 Å². The van der Waals surface area contributed by atoms with E-state index in [1.165, 1.54) is 6.07 Å². The van der Waals surface area contributed by atoms with Gasteiger partial charge < -0.3 is 0 Å². The molecule has 4 rings (SSSR count). The highest BCUT2D eigenvalue weighted by molar-refractivity contribution is 9.10. The van der Waals surface area contributed by atoms with E-state index in [1.807, 2.05) is 0 Å². The summed E-state index contributed by atoms with van der Waals surface area (Å²) in [7, 11) is 0. The molecule has 166 valence electrons. The number of halogens is 9. The average Bonchev–Trinajstić information content (AvgIpc) is 2.76. The van der Waals surface area contributed by atoms with Crippen LogP contribution in [0.15, 0.2) is 58.2 Å².